The molecule has 2 rings (SSSR count). The summed E-state index contributed by atoms with van der Waals surface area (Å²) in [5.41, 5.74) is 0.589. The van der Waals surface area contributed by atoms with Crippen LogP contribution >= 0.6 is 0 Å². The fourth-order valence-electron chi connectivity index (χ4n) is 1.20. The second kappa shape index (κ2) is 4.69. The van der Waals surface area contributed by atoms with Crippen LogP contribution in [0.5, 0.6) is 5.75 Å². The molecule has 0 aliphatic carbocycles. The van der Waals surface area contributed by atoms with Crippen LogP contribution in [0.1, 0.15) is 0 Å². The summed E-state index contributed by atoms with van der Waals surface area (Å²) < 4.78 is 25.3. The van der Waals surface area contributed by atoms with Gasteiger partial charge in [0.15, 0.2) is 0 Å². The summed E-state index contributed by atoms with van der Waals surface area (Å²) in [6.07, 6.45) is 0. The number of hydrogen-bond donors (Lipinski definition) is 1. The minimum absolute atomic E-state index is 0.149. The largest absolute Gasteiger partial charge is 0.506 e. The number of rotatable bonds is 2. The molecule has 17 heavy (non-hydrogen) atoms. The van der Waals surface area contributed by atoms with Crippen LogP contribution < -0.4 is 0 Å². The summed E-state index contributed by atoms with van der Waals surface area (Å²) in [6.45, 7) is 0. The van der Waals surface area contributed by atoms with Gasteiger partial charge in [0.05, 0.1) is 5.69 Å². The molecule has 0 aliphatic heterocycles. The van der Waals surface area contributed by atoms with Crippen molar-refractivity contribution in [2.24, 2.45) is 10.2 Å². The fourth-order valence-corrected chi connectivity index (χ4v) is 1.20. The molecule has 0 unspecified atom stereocenters. The molecule has 0 aromatic heterocycles. The Labute approximate surface area is 96.1 Å². The summed E-state index contributed by atoms with van der Waals surface area (Å²) in [6, 6.07) is 8.80. The minimum Gasteiger partial charge on any atom is -0.506 e. The van der Waals surface area contributed by atoms with Crippen molar-refractivity contribution in [1.82, 2.24) is 0 Å². The summed E-state index contributed by atoms with van der Waals surface area (Å²) in [7, 11) is 0. The van der Waals surface area contributed by atoms with Crippen molar-refractivity contribution in [2.75, 3.05) is 0 Å². The molecule has 0 heterocycles. The van der Waals surface area contributed by atoms with E-state index in [9.17, 15) is 13.9 Å². The lowest BCUT2D eigenvalue weighted by atomic mass is 10.3. The van der Waals surface area contributed by atoms with E-state index in [0.717, 1.165) is 6.07 Å². The highest BCUT2D eigenvalue weighted by Crippen LogP contribution is 2.28. The number of nitrogens with zero attached hydrogens (tertiary/aromatic N) is 2. The van der Waals surface area contributed by atoms with Gasteiger partial charge in [-0.15, -0.1) is 5.11 Å². The SMILES string of the molecule is Oc1cc(F)ccc1N=Nc1ccc(F)cc1. The minimum atomic E-state index is -0.553. The lowest BCUT2D eigenvalue weighted by molar-refractivity contribution is 0.470. The molecule has 2 aromatic carbocycles. The number of benzene rings is 2. The van der Waals surface area contributed by atoms with Gasteiger partial charge in [-0.25, -0.2) is 8.78 Å². The normalized spacial score (nSPS) is 10.9. The zero-order chi connectivity index (χ0) is 12.3. The highest BCUT2D eigenvalue weighted by molar-refractivity contribution is 5.50. The summed E-state index contributed by atoms with van der Waals surface area (Å²) >= 11 is 0. The van der Waals surface area contributed by atoms with E-state index in [1.54, 1.807) is 0 Å². The van der Waals surface area contributed by atoms with Crippen molar-refractivity contribution in [1.29, 1.82) is 0 Å². The second-order valence-electron chi connectivity index (χ2n) is 3.31. The van der Waals surface area contributed by atoms with Gasteiger partial charge in [-0.1, -0.05) is 0 Å². The third kappa shape index (κ3) is 2.84. The van der Waals surface area contributed by atoms with Gasteiger partial charge in [-0.05, 0) is 36.4 Å². The maximum Gasteiger partial charge on any atom is 0.146 e. The van der Waals surface area contributed by atoms with E-state index in [1.807, 2.05) is 0 Å². The van der Waals surface area contributed by atoms with E-state index in [4.69, 9.17) is 0 Å². The van der Waals surface area contributed by atoms with Gasteiger partial charge in [-0.2, -0.15) is 5.11 Å². The topological polar surface area (TPSA) is 45.0 Å². The van der Waals surface area contributed by atoms with E-state index < -0.39 is 5.82 Å². The Bertz CT molecular complexity index is 553. The van der Waals surface area contributed by atoms with Crippen molar-refractivity contribution in [3.63, 3.8) is 0 Å². The van der Waals surface area contributed by atoms with Crippen LogP contribution in [0.2, 0.25) is 0 Å². The maximum absolute atomic E-state index is 12.7. The molecule has 0 amide bonds. The molecule has 0 radical (unpaired) electrons. The van der Waals surface area contributed by atoms with Crippen LogP contribution in [0.25, 0.3) is 0 Å². The van der Waals surface area contributed by atoms with E-state index in [0.29, 0.717) is 5.69 Å². The van der Waals surface area contributed by atoms with Gasteiger partial charge < -0.3 is 5.11 Å². The first-order valence-corrected chi connectivity index (χ1v) is 4.81. The number of phenols is 1. The molecule has 0 atom stereocenters. The van der Waals surface area contributed by atoms with Crippen LogP contribution in [0.15, 0.2) is 52.7 Å². The molecular formula is C12H8F2N2O. The molecule has 0 spiro atoms. The van der Waals surface area contributed by atoms with Crippen molar-refractivity contribution in [3.8, 4) is 5.75 Å². The van der Waals surface area contributed by atoms with Crippen LogP contribution in [-0.2, 0) is 0 Å². The third-order valence-electron chi connectivity index (χ3n) is 2.04. The molecule has 3 nitrogen and oxygen atoms in total. The molecule has 0 fully saturated rings. The zero-order valence-electron chi connectivity index (χ0n) is 8.64. The maximum atomic E-state index is 12.7. The van der Waals surface area contributed by atoms with Gasteiger partial charge in [0, 0.05) is 6.07 Å². The molecule has 0 bridgehead atoms. The quantitative estimate of drug-likeness (QED) is 0.781. The predicted molar refractivity (Wildman–Crippen MR) is 58.6 cm³/mol. The third-order valence-corrected chi connectivity index (χ3v) is 2.04. The smallest absolute Gasteiger partial charge is 0.146 e. The molecule has 0 saturated heterocycles. The molecule has 1 N–H and O–H groups in total. The standard InChI is InChI=1S/C12H8F2N2O/c13-8-1-4-10(5-2-8)15-16-11-6-3-9(14)7-12(11)17/h1-7,17H. The van der Waals surface area contributed by atoms with Crippen molar-refractivity contribution in [3.05, 3.63) is 54.1 Å². The Balaban J connectivity index is 2.23. The monoisotopic (exact) mass is 234 g/mol. The molecular weight excluding hydrogens is 226 g/mol. The Morgan fingerprint density at radius 1 is 0.824 bits per heavy atom. The average molecular weight is 234 g/mol. The van der Waals surface area contributed by atoms with Gasteiger partial charge in [0.25, 0.3) is 0 Å². The summed E-state index contributed by atoms with van der Waals surface area (Å²) in [5, 5.41) is 16.9. The van der Waals surface area contributed by atoms with Gasteiger partial charge in [0.2, 0.25) is 0 Å². The first-order valence-electron chi connectivity index (χ1n) is 4.81. The fraction of sp³-hybridized carbons (Fsp3) is 0. The molecule has 2 aromatic rings. The Hall–Kier alpha value is -2.30. The van der Waals surface area contributed by atoms with Gasteiger partial charge in [0.1, 0.15) is 23.1 Å². The molecule has 5 heteroatoms. The Kier molecular flexibility index (Phi) is 3.09. The number of hydrogen-bond acceptors (Lipinski definition) is 3. The number of phenolic OH excluding ortho intramolecular Hbond substituents is 1. The average Bonchev–Trinajstić information content (AvgIpc) is 2.30. The summed E-state index contributed by atoms with van der Waals surface area (Å²) in [5.74, 6) is -1.22. The predicted octanol–water partition coefficient (Wildman–Crippen LogP) is 4.09. The van der Waals surface area contributed by atoms with Gasteiger partial charge >= 0.3 is 0 Å². The lowest BCUT2D eigenvalue weighted by Crippen LogP contribution is -1.73. The molecule has 0 saturated carbocycles. The van der Waals surface area contributed by atoms with E-state index in [-0.39, 0.29) is 17.3 Å². The highest BCUT2D eigenvalue weighted by Gasteiger charge is 2.01. The van der Waals surface area contributed by atoms with Crippen molar-refractivity contribution in [2.45, 2.75) is 0 Å². The number of halogens is 2. The second-order valence-corrected chi connectivity index (χ2v) is 3.31. The van der Waals surface area contributed by atoms with Crippen LogP contribution in [-0.4, -0.2) is 5.11 Å². The molecule has 0 aliphatic rings. The Morgan fingerprint density at radius 3 is 2.12 bits per heavy atom. The van der Waals surface area contributed by atoms with Crippen molar-refractivity contribution < 1.29 is 13.9 Å². The first-order chi connectivity index (χ1) is 8.15. The first kappa shape index (κ1) is 11.2. The number of aromatic hydroxyl groups is 1. The number of azo groups is 1. The van der Waals surface area contributed by atoms with Crippen LogP contribution in [0.3, 0.4) is 0 Å². The molecule has 86 valence electrons. The van der Waals surface area contributed by atoms with E-state index in [1.165, 1.54) is 36.4 Å². The lowest BCUT2D eigenvalue weighted by Gasteiger charge is -1.97. The highest BCUT2D eigenvalue weighted by atomic mass is 19.1. The van der Waals surface area contributed by atoms with E-state index in [2.05, 4.69) is 10.2 Å². The van der Waals surface area contributed by atoms with Crippen molar-refractivity contribution >= 4 is 11.4 Å². The zero-order valence-corrected chi connectivity index (χ0v) is 8.64. The van der Waals surface area contributed by atoms with Gasteiger partial charge in [-0.3, -0.25) is 0 Å². The Morgan fingerprint density at radius 2 is 1.47 bits per heavy atom. The summed E-state index contributed by atoms with van der Waals surface area (Å²) in [4.78, 5) is 0. The van der Waals surface area contributed by atoms with Crippen LogP contribution in [0, 0.1) is 11.6 Å². The van der Waals surface area contributed by atoms with E-state index >= 15 is 0 Å². The van der Waals surface area contributed by atoms with Crippen LogP contribution in [0.4, 0.5) is 20.2 Å².